The summed E-state index contributed by atoms with van der Waals surface area (Å²) in [5, 5.41) is 0. The first kappa shape index (κ1) is 14.7. The van der Waals surface area contributed by atoms with Crippen molar-refractivity contribution in [2.45, 2.75) is 45.0 Å². The second kappa shape index (κ2) is 6.13. The molecular formula is C15H21NO4. The van der Waals surface area contributed by atoms with Crippen molar-refractivity contribution in [2.75, 3.05) is 12.8 Å². The monoisotopic (exact) mass is 279 g/mol. The predicted octanol–water partition coefficient (Wildman–Crippen LogP) is 2.39. The first-order valence-electron chi connectivity index (χ1n) is 6.80. The summed E-state index contributed by atoms with van der Waals surface area (Å²) in [6.07, 6.45) is 1.81. The summed E-state index contributed by atoms with van der Waals surface area (Å²) in [6, 6.07) is 5.08. The van der Waals surface area contributed by atoms with Gasteiger partial charge in [0.15, 0.2) is 5.75 Å². The van der Waals surface area contributed by atoms with Crippen LogP contribution in [-0.4, -0.2) is 31.4 Å². The highest BCUT2D eigenvalue weighted by Crippen LogP contribution is 2.31. The highest BCUT2D eigenvalue weighted by Gasteiger charge is 2.27. The molecule has 0 aromatic heterocycles. The van der Waals surface area contributed by atoms with Gasteiger partial charge in [-0.1, -0.05) is 6.07 Å². The lowest BCUT2D eigenvalue weighted by atomic mass is 10.0. The van der Waals surface area contributed by atoms with Crippen LogP contribution in [0.25, 0.3) is 0 Å². The molecule has 0 radical (unpaired) electrons. The summed E-state index contributed by atoms with van der Waals surface area (Å²) in [4.78, 5) is 11.8. The van der Waals surface area contributed by atoms with Gasteiger partial charge >= 0.3 is 5.97 Å². The number of carbonyl (C=O) groups excluding carboxylic acids is 1. The standard InChI is InChI=1S/C15H21NO4/c1-9-7-11(8-10(2)19-9)20-14-12(15(17)18-3)5-4-6-13(14)16/h4-6,9-11H,7-8,16H2,1-3H3. The van der Waals surface area contributed by atoms with Crippen LogP contribution in [-0.2, 0) is 9.47 Å². The predicted molar refractivity (Wildman–Crippen MR) is 75.9 cm³/mol. The molecule has 1 fully saturated rings. The molecule has 20 heavy (non-hydrogen) atoms. The Morgan fingerprint density at radius 2 is 1.95 bits per heavy atom. The van der Waals surface area contributed by atoms with Crippen molar-refractivity contribution in [3.8, 4) is 5.75 Å². The number of nitrogen functional groups attached to an aromatic ring is 1. The molecule has 110 valence electrons. The molecule has 2 atom stereocenters. The van der Waals surface area contributed by atoms with Crippen molar-refractivity contribution in [2.24, 2.45) is 0 Å². The van der Waals surface area contributed by atoms with Crippen LogP contribution in [0, 0.1) is 0 Å². The van der Waals surface area contributed by atoms with Gasteiger partial charge in [-0.05, 0) is 26.0 Å². The van der Waals surface area contributed by atoms with Crippen molar-refractivity contribution in [3.63, 3.8) is 0 Å². The van der Waals surface area contributed by atoms with Gasteiger partial charge in [0.25, 0.3) is 0 Å². The molecule has 1 aromatic carbocycles. The van der Waals surface area contributed by atoms with Crippen molar-refractivity contribution in [1.29, 1.82) is 0 Å². The Labute approximate surface area is 119 Å². The molecule has 2 unspecified atom stereocenters. The van der Waals surface area contributed by atoms with E-state index in [1.807, 2.05) is 13.8 Å². The van der Waals surface area contributed by atoms with E-state index in [2.05, 4.69) is 0 Å². The minimum Gasteiger partial charge on any atom is -0.487 e. The van der Waals surface area contributed by atoms with Crippen LogP contribution in [0.1, 0.15) is 37.0 Å². The van der Waals surface area contributed by atoms with E-state index in [0.29, 0.717) is 17.0 Å². The molecule has 1 aliphatic rings. The number of methoxy groups -OCH3 is 1. The first-order chi connectivity index (χ1) is 9.51. The van der Waals surface area contributed by atoms with E-state index in [1.165, 1.54) is 7.11 Å². The fourth-order valence-corrected chi connectivity index (χ4v) is 2.56. The van der Waals surface area contributed by atoms with Crippen LogP contribution in [0.4, 0.5) is 5.69 Å². The third kappa shape index (κ3) is 3.22. The molecule has 0 saturated carbocycles. The maximum Gasteiger partial charge on any atom is 0.341 e. The minimum atomic E-state index is -0.444. The van der Waals surface area contributed by atoms with Gasteiger partial charge in [-0.15, -0.1) is 0 Å². The van der Waals surface area contributed by atoms with Crippen LogP contribution >= 0.6 is 0 Å². The summed E-state index contributed by atoms with van der Waals surface area (Å²) >= 11 is 0. The van der Waals surface area contributed by atoms with Crippen molar-refractivity contribution < 1.29 is 19.0 Å². The molecule has 0 spiro atoms. The molecule has 2 N–H and O–H groups in total. The Morgan fingerprint density at radius 1 is 1.30 bits per heavy atom. The molecule has 1 heterocycles. The van der Waals surface area contributed by atoms with Gasteiger partial charge in [0, 0.05) is 12.8 Å². The Kier molecular flexibility index (Phi) is 4.49. The van der Waals surface area contributed by atoms with Gasteiger partial charge in [0.2, 0.25) is 0 Å². The summed E-state index contributed by atoms with van der Waals surface area (Å²) in [6.45, 7) is 4.03. The first-order valence-corrected chi connectivity index (χ1v) is 6.80. The quantitative estimate of drug-likeness (QED) is 0.679. The molecule has 5 heteroatoms. The molecule has 1 aliphatic heterocycles. The molecule has 0 aliphatic carbocycles. The molecule has 1 aromatic rings. The Balaban J connectivity index is 2.22. The number of nitrogens with two attached hydrogens (primary N) is 1. The maximum atomic E-state index is 11.8. The van der Waals surface area contributed by atoms with Gasteiger partial charge in [-0.2, -0.15) is 0 Å². The highest BCUT2D eigenvalue weighted by atomic mass is 16.5. The summed E-state index contributed by atoms with van der Waals surface area (Å²) < 4.78 is 16.4. The van der Waals surface area contributed by atoms with E-state index < -0.39 is 5.97 Å². The number of anilines is 1. The molecule has 0 bridgehead atoms. The van der Waals surface area contributed by atoms with E-state index in [-0.39, 0.29) is 18.3 Å². The number of para-hydroxylation sites is 1. The van der Waals surface area contributed by atoms with Crippen LogP contribution in [0.3, 0.4) is 0 Å². The SMILES string of the molecule is COC(=O)c1cccc(N)c1OC1CC(C)OC(C)C1. The fraction of sp³-hybridized carbons (Fsp3) is 0.533. The number of hydrogen-bond acceptors (Lipinski definition) is 5. The number of hydrogen-bond donors (Lipinski definition) is 1. The molecule has 1 saturated heterocycles. The number of rotatable bonds is 3. The van der Waals surface area contributed by atoms with Gasteiger partial charge in [0.1, 0.15) is 11.7 Å². The largest absolute Gasteiger partial charge is 0.487 e. The second-order valence-electron chi connectivity index (χ2n) is 5.18. The smallest absolute Gasteiger partial charge is 0.341 e. The van der Waals surface area contributed by atoms with Gasteiger partial charge < -0.3 is 19.9 Å². The molecule has 2 rings (SSSR count). The zero-order valence-corrected chi connectivity index (χ0v) is 12.1. The maximum absolute atomic E-state index is 11.8. The highest BCUT2D eigenvalue weighted by molar-refractivity contribution is 5.94. The van der Waals surface area contributed by atoms with Gasteiger partial charge in [0.05, 0.1) is 25.0 Å². The Morgan fingerprint density at radius 3 is 2.55 bits per heavy atom. The van der Waals surface area contributed by atoms with E-state index >= 15 is 0 Å². The molecule has 0 amide bonds. The lowest BCUT2D eigenvalue weighted by Gasteiger charge is -2.32. The van der Waals surface area contributed by atoms with Crippen molar-refractivity contribution >= 4 is 11.7 Å². The van der Waals surface area contributed by atoms with E-state index in [9.17, 15) is 4.79 Å². The van der Waals surface area contributed by atoms with Crippen molar-refractivity contribution in [3.05, 3.63) is 23.8 Å². The number of esters is 1. The van der Waals surface area contributed by atoms with Crippen molar-refractivity contribution in [1.82, 2.24) is 0 Å². The number of carbonyl (C=O) groups is 1. The fourth-order valence-electron chi connectivity index (χ4n) is 2.56. The van der Waals surface area contributed by atoms with Crippen LogP contribution < -0.4 is 10.5 Å². The molecule has 5 nitrogen and oxygen atoms in total. The minimum absolute atomic E-state index is 0.0122. The summed E-state index contributed by atoms with van der Waals surface area (Å²) in [5.74, 6) is -0.0360. The van der Waals surface area contributed by atoms with Crippen LogP contribution in [0.5, 0.6) is 5.75 Å². The van der Waals surface area contributed by atoms with E-state index in [0.717, 1.165) is 12.8 Å². The van der Waals surface area contributed by atoms with Gasteiger partial charge in [-0.3, -0.25) is 0 Å². The average Bonchev–Trinajstić information content (AvgIpc) is 2.39. The number of ether oxygens (including phenoxy) is 3. The average molecular weight is 279 g/mol. The number of benzene rings is 1. The lowest BCUT2D eigenvalue weighted by molar-refractivity contribution is -0.0721. The van der Waals surface area contributed by atoms with Gasteiger partial charge in [-0.25, -0.2) is 4.79 Å². The third-order valence-electron chi connectivity index (χ3n) is 3.39. The normalized spacial score (nSPS) is 26.1. The Hall–Kier alpha value is -1.75. The Bertz CT molecular complexity index is 479. The molecular weight excluding hydrogens is 258 g/mol. The lowest BCUT2D eigenvalue weighted by Crippen LogP contribution is -2.36. The van der Waals surface area contributed by atoms with E-state index in [1.54, 1.807) is 18.2 Å². The zero-order chi connectivity index (χ0) is 14.7. The topological polar surface area (TPSA) is 70.8 Å². The summed E-state index contributed by atoms with van der Waals surface area (Å²) in [7, 11) is 1.34. The second-order valence-corrected chi connectivity index (χ2v) is 5.18. The van der Waals surface area contributed by atoms with Crippen LogP contribution in [0.15, 0.2) is 18.2 Å². The third-order valence-corrected chi connectivity index (χ3v) is 3.39. The zero-order valence-electron chi connectivity index (χ0n) is 12.1. The van der Waals surface area contributed by atoms with Crippen LogP contribution in [0.2, 0.25) is 0 Å². The van der Waals surface area contributed by atoms with E-state index in [4.69, 9.17) is 19.9 Å². The summed E-state index contributed by atoms with van der Waals surface area (Å²) in [5.41, 5.74) is 6.74.